The zero-order chi connectivity index (χ0) is 40.9. The number of nitrogens with zero attached hydrogens (tertiary/aromatic N) is 3. The lowest BCUT2D eigenvalue weighted by atomic mass is 9.93. The van der Waals surface area contributed by atoms with Crippen molar-refractivity contribution >= 4 is 51.1 Å². The maximum absolute atomic E-state index is 14.6. The Hall–Kier alpha value is -4.58. The number of likely N-dealkylation sites (tertiary alicyclic amines) is 1. The summed E-state index contributed by atoms with van der Waals surface area (Å²) in [6, 6.07) is 1.45. The summed E-state index contributed by atoms with van der Waals surface area (Å²) in [7, 11) is -3.94. The number of hydrogen-bond acceptors (Lipinski definition) is 11. The fourth-order valence-corrected chi connectivity index (χ4v) is 10.2. The van der Waals surface area contributed by atoms with Crippen LogP contribution in [-0.4, -0.2) is 107 Å². The highest BCUT2D eigenvalue weighted by Gasteiger charge is 2.63. The number of carbonyl (C=O) groups excluding carboxylic acids is 5. The van der Waals surface area contributed by atoms with E-state index in [1.807, 2.05) is 32.9 Å². The van der Waals surface area contributed by atoms with Gasteiger partial charge in [0.05, 0.1) is 17.6 Å². The van der Waals surface area contributed by atoms with Gasteiger partial charge in [0.2, 0.25) is 21.8 Å². The van der Waals surface area contributed by atoms with Gasteiger partial charge in [-0.15, -0.1) is 11.3 Å². The number of benzene rings is 1. The second kappa shape index (κ2) is 15.6. The standard InChI is InChI=1S/C39H49FN6O9S2/c1-38(2,3)21-55-37(52)42-29-10-8-6-4-5-7-9-23-16-39(23,36(51)44-57(53,54)25-12-13-25)43-32(48)31-27-19-45(17-22(27)18-46(31)34(29)49)35(50)33-41-30(20-56-33)26-14-11-24(47)15-28(26)40/h7,9,11,14-15,20,22-23,25,27,29,31,47H,4-6,8,10,12-13,16-19,21H2,1-3H3,(H,42,52)(H,43,48)(H,44,51)/b9-7-/t22-,23+,27-,29-,31-,39-/m0/s1. The van der Waals surface area contributed by atoms with Crippen LogP contribution in [-0.2, 0) is 29.1 Å². The van der Waals surface area contributed by atoms with Crippen LogP contribution in [0.1, 0.15) is 81.9 Å². The van der Waals surface area contributed by atoms with E-state index < -0.39 is 80.3 Å². The first kappa shape index (κ1) is 40.6. The number of rotatable bonds is 7. The number of hydrogen-bond donors (Lipinski definition) is 4. The lowest BCUT2D eigenvalue weighted by Gasteiger charge is -2.33. The minimum Gasteiger partial charge on any atom is -0.508 e. The zero-order valence-corrected chi connectivity index (χ0v) is 33.8. The number of amides is 5. The molecule has 4 heterocycles. The van der Waals surface area contributed by atoms with Crippen LogP contribution in [0.5, 0.6) is 5.75 Å². The van der Waals surface area contributed by atoms with Crippen molar-refractivity contribution in [3.8, 4) is 17.0 Å². The first-order chi connectivity index (χ1) is 27.0. The molecule has 0 radical (unpaired) electrons. The van der Waals surface area contributed by atoms with Gasteiger partial charge < -0.3 is 30.3 Å². The number of nitrogens with one attached hydrogen (secondary N) is 3. The summed E-state index contributed by atoms with van der Waals surface area (Å²) in [4.78, 5) is 77.2. The molecule has 308 valence electrons. The monoisotopic (exact) mass is 828 g/mol. The van der Waals surface area contributed by atoms with Gasteiger partial charge in [-0.1, -0.05) is 45.8 Å². The van der Waals surface area contributed by atoms with E-state index in [0.717, 1.165) is 30.2 Å². The second-order valence-corrected chi connectivity index (χ2v) is 19.9. The molecule has 1 aromatic heterocycles. The number of aromatic hydroxyl groups is 1. The third kappa shape index (κ3) is 8.81. The summed E-state index contributed by atoms with van der Waals surface area (Å²) in [5.41, 5.74) is -1.55. The van der Waals surface area contributed by atoms with E-state index in [2.05, 4.69) is 20.3 Å². The number of thiazole rings is 1. The molecule has 2 aromatic rings. The fourth-order valence-electron chi connectivity index (χ4n) is 8.05. The van der Waals surface area contributed by atoms with E-state index in [1.165, 1.54) is 17.0 Å². The molecule has 0 bridgehead atoms. The van der Waals surface area contributed by atoms with Gasteiger partial charge in [0.1, 0.15) is 29.2 Å². The number of phenols is 1. The predicted octanol–water partition coefficient (Wildman–Crippen LogP) is 3.70. The van der Waals surface area contributed by atoms with E-state index in [0.29, 0.717) is 32.1 Å². The molecule has 5 aliphatic rings. The largest absolute Gasteiger partial charge is 0.508 e. The molecule has 2 saturated heterocycles. The fraction of sp³-hybridized carbons (Fsp3) is 0.590. The Morgan fingerprint density at radius 2 is 1.88 bits per heavy atom. The van der Waals surface area contributed by atoms with E-state index in [4.69, 9.17) is 4.74 Å². The minimum atomic E-state index is -3.94. The van der Waals surface area contributed by atoms with Gasteiger partial charge in [0.25, 0.3) is 11.8 Å². The summed E-state index contributed by atoms with van der Waals surface area (Å²) in [5, 5.41) is 16.2. The number of aromatic nitrogens is 1. The summed E-state index contributed by atoms with van der Waals surface area (Å²) in [6.45, 7) is 6.13. The Morgan fingerprint density at radius 1 is 1.11 bits per heavy atom. The molecule has 2 aliphatic carbocycles. The molecule has 4 N–H and O–H groups in total. The van der Waals surface area contributed by atoms with Crippen molar-refractivity contribution in [3.05, 3.63) is 46.6 Å². The minimum absolute atomic E-state index is 0.0537. The van der Waals surface area contributed by atoms with Crippen LogP contribution >= 0.6 is 11.3 Å². The van der Waals surface area contributed by atoms with E-state index in [9.17, 15) is 41.9 Å². The molecule has 0 unspecified atom stereocenters. The normalized spacial score (nSPS) is 28.5. The van der Waals surface area contributed by atoms with Crippen molar-refractivity contribution in [3.63, 3.8) is 0 Å². The third-order valence-corrected chi connectivity index (χ3v) is 14.0. The molecule has 4 fully saturated rings. The molecular weight excluding hydrogens is 780 g/mol. The molecule has 15 nitrogen and oxygen atoms in total. The number of fused-ring (bicyclic) bond motifs is 4. The molecule has 3 aliphatic heterocycles. The van der Waals surface area contributed by atoms with Crippen molar-refractivity contribution in [1.82, 2.24) is 30.1 Å². The summed E-state index contributed by atoms with van der Waals surface area (Å²) >= 11 is 1.03. The number of sulfonamides is 1. The molecule has 2 saturated carbocycles. The Labute approximate surface area is 334 Å². The maximum atomic E-state index is 14.6. The van der Waals surface area contributed by atoms with Gasteiger partial charge in [-0.3, -0.25) is 23.9 Å². The molecule has 18 heteroatoms. The Morgan fingerprint density at radius 3 is 2.60 bits per heavy atom. The molecule has 57 heavy (non-hydrogen) atoms. The van der Waals surface area contributed by atoms with Gasteiger partial charge in [-0.25, -0.2) is 22.6 Å². The molecule has 1 aromatic carbocycles. The van der Waals surface area contributed by atoms with Crippen molar-refractivity contribution in [2.45, 2.75) is 95.0 Å². The van der Waals surface area contributed by atoms with Crippen molar-refractivity contribution in [1.29, 1.82) is 0 Å². The topological polar surface area (TPSA) is 204 Å². The van der Waals surface area contributed by atoms with Gasteiger partial charge in [0.15, 0.2) is 5.01 Å². The van der Waals surface area contributed by atoms with Crippen LogP contribution in [0.25, 0.3) is 11.3 Å². The molecule has 5 amide bonds. The second-order valence-electron chi connectivity index (χ2n) is 17.1. The number of carbonyl (C=O) groups is 5. The molecular formula is C39H49FN6O9S2. The summed E-state index contributed by atoms with van der Waals surface area (Å²) < 4.78 is 48.0. The van der Waals surface area contributed by atoms with Crippen LogP contribution in [0.4, 0.5) is 9.18 Å². The van der Waals surface area contributed by atoms with Crippen LogP contribution in [0, 0.1) is 29.0 Å². The molecule has 0 spiro atoms. The molecule has 7 rings (SSSR count). The Kier molecular flexibility index (Phi) is 11.1. The average Bonchev–Trinajstić information content (AvgIpc) is 3.96. The number of ether oxygens (including phenoxy) is 1. The highest BCUT2D eigenvalue weighted by molar-refractivity contribution is 7.91. The Balaban J connectivity index is 1.16. The molecule has 6 atom stereocenters. The lowest BCUT2D eigenvalue weighted by molar-refractivity contribution is -0.142. The lowest BCUT2D eigenvalue weighted by Crippen LogP contribution is -2.60. The smallest absolute Gasteiger partial charge is 0.407 e. The zero-order valence-electron chi connectivity index (χ0n) is 32.2. The predicted molar refractivity (Wildman–Crippen MR) is 207 cm³/mol. The first-order valence-electron chi connectivity index (χ1n) is 19.5. The van der Waals surface area contributed by atoms with Crippen molar-refractivity contribution in [2.24, 2.45) is 23.2 Å². The van der Waals surface area contributed by atoms with Crippen molar-refractivity contribution < 1.29 is 46.6 Å². The Bertz CT molecular complexity index is 2080. The van der Waals surface area contributed by atoms with Crippen molar-refractivity contribution in [2.75, 3.05) is 26.2 Å². The van der Waals surface area contributed by atoms with Crippen LogP contribution in [0.3, 0.4) is 0 Å². The number of allylic oxidation sites excluding steroid dienone is 1. The van der Waals surface area contributed by atoms with Gasteiger partial charge >= 0.3 is 6.09 Å². The number of halogens is 1. The van der Waals surface area contributed by atoms with E-state index in [1.54, 1.807) is 10.3 Å². The third-order valence-electron chi connectivity index (χ3n) is 11.3. The maximum Gasteiger partial charge on any atom is 0.407 e. The van der Waals surface area contributed by atoms with E-state index >= 15 is 0 Å². The van der Waals surface area contributed by atoms with Crippen LogP contribution in [0.15, 0.2) is 35.7 Å². The average molecular weight is 829 g/mol. The SMILES string of the molecule is CC(C)(C)COC(=O)N[C@H]1CCCCC/C=C\[C@@H]2C[C@]2(C(=O)NS(=O)(=O)C2CC2)NC(=O)[C@@H]2[C@H]3CN(C(=O)c4nc(-c5ccc(O)cc5F)cs4)C[C@H]3CN2C1=O. The van der Waals surface area contributed by atoms with Gasteiger partial charge in [-0.05, 0) is 56.1 Å². The first-order valence-corrected chi connectivity index (χ1v) is 21.9. The van der Waals surface area contributed by atoms with Gasteiger partial charge in [0, 0.05) is 54.4 Å². The highest BCUT2D eigenvalue weighted by Crippen LogP contribution is 2.47. The van der Waals surface area contributed by atoms with Crippen LogP contribution in [0.2, 0.25) is 0 Å². The van der Waals surface area contributed by atoms with E-state index in [-0.39, 0.29) is 66.0 Å². The quantitative estimate of drug-likeness (QED) is 0.298. The summed E-state index contributed by atoms with van der Waals surface area (Å²) in [6.07, 6.45) is 7.11. The highest BCUT2D eigenvalue weighted by atomic mass is 32.2. The number of alkyl carbamates (subject to hydrolysis) is 1. The van der Waals surface area contributed by atoms with Crippen LogP contribution < -0.4 is 15.4 Å². The van der Waals surface area contributed by atoms with Gasteiger partial charge in [-0.2, -0.15) is 0 Å². The summed E-state index contributed by atoms with van der Waals surface area (Å²) in [5.74, 6) is -4.81. The number of phenolic OH excluding ortho intramolecular Hbond substituents is 1.